The lowest BCUT2D eigenvalue weighted by molar-refractivity contribution is 0.0727. The monoisotopic (exact) mass is 253 g/mol. The first-order chi connectivity index (χ1) is 8.74. The average Bonchev–Trinajstić information content (AvgIpc) is 2.82. The van der Waals surface area contributed by atoms with Gasteiger partial charge >= 0.3 is 0 Å². The van der Waals surface area contributed by atoms with Gasteiger partial charge in [0.15, 0.2) is 0 Å². The molecule has 1 heterocycles. The summed E-state index contributed by atoms with van der Waals surface area (Å²) in [6.45, 7) is 3.28. The fourth-order valence-electron chi connectivity index (χ4n) is 4.39. The van der Waals surface area contributed by atoms with Crippen molar-refractivity contribution in [3.63, 3.8) is 0 Å². The molecule has 0 aromatic heterocycles. The highest BCUT2D eigenvalue weighted by atomic mass is 16.3. The zero-order chi connectivity index (χ0) is 12.5. The summed E-state index contributed by atoms with van der Waals surface area (Å²) >= 11 is 0. The molecule has 2 saturated carbocycles. The van der Waals surface area contributed by atoms with Crippen molar-refractivity contribution in [1.29, 1.82) is 0 Å². The van der Waals surface area contributed by atoms with E-state index >= 15 is 0 Å². The molecule has 0 aromatic carbocycles. The molecule has 18 heavy (non-hydrogen) atoms. The molecule has 1 saturated heterocycles. The summed E-state index contributed by atoms with van der Waals surface area (Å²) in [5.74, 6) is 1.72. The van der Waals surface area contributed by atoms with E-state index in [1.165, 1.54) is 32.1 Å². The van der Waals surface area contributed by atoms with Crippen LogP contribution in [0.25, 0.3) is 0 Å². The van der Waals surface area contributed by atoms with Crippen LogP contribution in [0.5, 0.6) is 0 Å². The molecule has 0 aromatic rings. The van der Waals surface area contributed by atoms with Gasteiger partial charge in [-0.3, -0.25) is 0 Å². The fraction of sp³-hybridized carbons (Fsp3) is 1.00. The molecule has 3 aliphatic rings. The summed E-state index contributed by atoms with van der Waals surface area (Å²) in [5, 5.41) is 20.1. The van der Waals surface area contributed by atoms with Crippen molar-refractivity contribution in [3.8, 4) is 0 Å². The highest BCUT2D eigenvalue weighted by molar-refractivity contribution is 4.94. The first kappa shape index (κ1) is 12.9. The molecule has 0 amide bonds. The largest absolute Gasteiger partial charge is 0.393 e. The van der Waals surface area contributed by atoms with Crippen molar-refractivity contribution in [2.45, 2.75) is 57.2 Å². The zero-order valence-corrected chi connectivity index (χ0v) is 11.3. The molecule has 2 aliphatic carbocycles. The Kier molecular flexibility index (Phi) is 3.92. The van der Waals surface area contributed by atoms with Gasteiger partial charge in [-0.2, -0.15) is 0 Å². The zero-order valence-electron chi connectivity index (χ0n) is 11.3. The third kappa shape index (κ3) is 2.59. The van der Waals surface area contributed by atoms with Gasteiger partial charge in [-0.15, -0.1) is 0 Å². The molecule has 5 atom stereocenters. The minimum atomic E-state index is -0.0853. The molecule has 0 spiro atoms. The summed E-state index contributed by atoms with van der Waals surface area (Å²) in [6.07, 6.45) is 8.02. The Hall–Kier alpha value is -0.120. The highest BCUT2D eigenvalue weighted by Gasteiger charge is 2.42. The average molecular weight is 253 g/mol. The molecule has 1 aliphatic heterocycles. The summed E-state index contributed by atoms with van der Waals surface area (Å²) < 4.78 is 0. The number of rotatable bonds is 2. The quantitative estimate of drug-likeness (QED) is 0.735. The second-order valence-corrected chi connectivity index (χ2v) is 6.75. The van der Waals surface area contributed by atoms with Crippen molar-refractivity contribution in [2.75, 3.05) is 19.6 Å². The molecular weight excluding hydrogens is 226 g/mol. The van der Waals surface area contributed by atoms with Crippen molar-refractivity contribution in [1.82, 2.24) is 4.90 Å². The first-order valence-electron chi connectivity index (χ1n) is 7.82. The number of aliphatic hydroxyl groups is 2. The molecule has 2 N–H and O–H groups in total. The van der Waals surface area contributed by atoms with Gasteiger partial charge in [0.1, 0.15) is 0 Å². The predicted octanol–water partition coefficient (Wildman–Crippen LogP) is 1.63. The van der Waals surface area contributed by atoms with E-state index in [4.69, 9.17) is 0 Å². The molecule has 5 unspecified atom stereocenters. The molecule has 0 bridgehead atoms. The lowest BCUT2D eigenvalue weighted by Gasteiger charge is -2.27. The van der Waals surface area contributed by atoms with Gasteiger partial charge in [-0.25, -0.2) is 0 Å². The summed E-state index contributed by atoms with van der Waals surface area (Å²) in [6, 6.07) is 0. The Labute approximate surface area is 110 Å². The maximum absolute atomic E-state index is 10.2. The third-order valence-corrected chi connectivity index (χ3v) is 5.51. The van der Waals surface area contributed by atoms with Crippen LogP contribution in [0.2, 0.25) is 0 Å². The third-order valence-electron chi connectivity index (χ3n) is 5.51. The standard InChI is InChI=1S/C15H27NO2/c17-14-5-3-1-2-4-12(14)9-16-8-11-6-7-15(18)13(11)10-16/h11-15,17-18H,1-10H2. The van der Waals surface area contributed by atoms with Crippen molar-refractivity contribution in [2.24, 2.45) is 17.8 Å². The minimum absolute atomic E-state index is 0.0564. The van der Waals surface area contributed by atoms with Crippen molar-refractivity contribution >= 4 is 0 Å². The lowest BCUT2D eigenvalue weighted by Crippen LogP contribution is -2.34. The second kappa shape index (κ2) is 5.48. The normalized spacial score (nSPS) is 46.0. The molecule has 3 fully saturated rings. The van der Waals surface area contributed by atoms with Crippen molar-refractivity contribution in [3.05, 3.63) is 0 Å². The van der Waals surface area contributed by atoms with E-state index in [0.29, 0.717) is 11.8 Å². The predicted molar refractivity (Wildman–Crippen MR) is 71.2 cm³/mol. The van der Waals surface area contributed by atoms with Crippen LogP contribution in [-0.2, 0) is 0 Å². The smallest absolute Gasteiger partial charge is 0.0583 e. The topological polar surface area (TPSA) is 43.7 Å². The van der Waals surface area contributed by atoms with Gasteiger partial charge in [-0.05, 0) is 37.5 Å². The molecule has 3 rings (SSSR count). The van der Waals surface area contributed by atoms with Crippen LogP contribution in [0.4, 0.5) is 0 Å². The van der Waals surface area contributed by atoms with Crippen LogP contribution in [0.3, 0.4) is 0 Å². The van der Waals surface area contributed by atoms with Gasteiger partial charge in [-0.1, -0.05) is 19.3 Å². The number of fused-ring (bicyclic) bond motifs is 1. The Morgan fingerprint density at radius 1 is 0.833 bits per heavy atom. The summed E-state index contributed by atoms with van der Waals surface area (Å²) in [4.78, 5) is 2.51. The van der Waals surface area contributed by atoms with E-state index in [-0.39, 0.29) is 12.2 Å². The first-order valence-corrected chi connectivity index (χ1v) is 7.82. The molecular formula is C15H27NO2. The molecule has 3 heteroatoms. The number of hydrogen-bond donors (Lipinski definition) is 2. The maximum Gasteiger partial charge on any atom is 0.0583 e. The van der Waals surface area contributed by atoms with Gasteiger partial charge in [0.25, 0.3) is 0 Å². The van der Waals surface area contributed by atoms with Crippen LogP contribution in [0.15, 0.2) is 0 Å². The lowest BCUT2D eigenvalue weighted by atomic mass is 9.96. The number of nitrogens with zero attached hydrogens (tertiary/aromatic N) is 1. The van der Waals surface area contributed by atoms with Crippen LogP contribution in [-0.4, -0.2) is 47.0 Å². The molecule has 3 nitrogen and oxygen atoms in total. The van der Waals surface area contributed by atoms with Gasteiger partial charge < -0.3 is 15.1 Å². The van der Waals surface area contributed by atoms with Crippen molar-refractivity contribution < 1.29 is 10.2 Å². The van der Waals surface area contributed by atoms with Crippen LogP contribution >= 0.6 is 0 Å². The Morgan fingerprint density at radius 3 is 2.50 bits per heavy atom. The fourth-order valence-corrected chi connectivity index (χ4v) is 4.39. The van der Waals surface area contributed by atoms with E-state index < -0.39 is 0 Å². The highest BCUT2D eigenvalue weighted by Crippen LogP contribution is 2.38. The van der Waals surface area contributed by atoms with E-state index in [0.717, 1.165) is 38.4 Å². The van der Waals surface area contributed by atoms with Gasteiger partial charge in [0, 0.05) is 25.6 Å². The van der Waals surface area contributed by atoms with Gasteiger partial charge in [0.2, 0.25) is 0 Å². The van der Waals surface area contributed by atoms with Crippen LogP contribution in [0, 0.1) is 17.8 Å². The molecule has 0 radical (unpaired) electrons. The number of likely N-dealkylation sites (tertiary alicyclic amines) is 1. The summed E-state index contributed by atoms with van der Waals surface area (Å²) in [7, 11) is 0. The SMILES string of the molecule is OC1CCCCCC1CN1CC2CCC(O)C2C1. The van der Waals surface area contributed by atoms with Gasteiger partial charge in [0.05, 0.1) is 12.2 Å². The minimum Gasteiger partial charge on any atom is -0.393 e. The Bertz CT molecular complexity index is 284. The van der Waals surface area contributed by atoms with Crippen LogP contribution in [0.1, 0.15) is 44.9 Å². The molecule has 104 valence electrons. The second-order valence-electron chi connectivity index (χ2n) is 6.75. The van der Waals surface area contributed by atoms with Crippen LogP contribution < -0.4 is 0 Å². The number of hydrogen-bond acceptors (Lipinski definition) is 3. The van der Waals surface area contributed by atoms with E-state index in [9.17, 15) is 10.2 Å². The van der Waals surface area contributed by atoms with E-state index in [1.54, 1.807) is 0 Å². The number of aliphatic hydroxyl groups excluding tert-OH is 2. The Morgan fingerprint density at radius 2 is 1.67 bits per heavy atom. The maximum atomic E-state index is 10.2. The Balaban J connectivity index is 1.54. The summed E-state index contributed by atoms with van der Waals surface area (Å²) in [5.41, 5.74) is 0. The van der Waals surface area contributed by atoms with E-state index in [1.807, 2.05) is 0 Å². The van der Waals surface area contributed by atoms with E-state index in [2.05, 4.69) is 4.90 Å².